The third-order valence-electron chi connectivity index (χ3n) is 10.7. The van der Waals surface area contributed by atoms with E-state index in [-0.39, 0.29) is 70.1 Å². The lowest BCUT2D eigenvalue weighted by molar-refractivity contribution is -0.140. The van der Waals surface area contributed by atoms with Crippen LogP contribution in [0.25, 0.3) is 11.1 Å². The summed E-state index contributed by atoms with van der Waals surface area (Å²) in [7, 11) is 1.52. The van der Waals surface area contributed by atoms with E-state index in [0.29, 0.717) is 18.9 Å². The van der Waals surface area contributed by atoms with Gasteiger partial charge in [0.2, 0.25) is 47.3 Å². The molecule has 396 valence electrons. The maximum absolute atomic E-state index is 15.3. The summed E-state index contributed by atoms with van der Waals surface area (Å²) >= 11 is 0. The Balaban J connectivity index is 1.91. The van der Waals surface area contributed by atoms with E-state index >= 15 is 4.39 Å². The van der Waals surface area contributed by atoms with Crippen LogP contribution in [0.15, 0.2) is 60.8 Å². The van der Waals surface area contributed by atoms with Crippen LogP contribution < -0.4 is 43.4 Å². The second kappa shape index (κ2) is 30.1. The number of aromatic nitrogens is 1. The number of amides is 8. The summed E-state index contributed by atoms with van der Waals surface area (Å²) in [5, 5.41) is 25.0. The van der Waals surface area contributed by atoms with Gasteiger partial charge in [-0.05, 0) is 48.6 Å². The zero-order valence-corrected chi connectivity index (χ0v) is 41.2. The first-order chi connectivity index (χ1) is 34.2. The fourth-order valence-electron chi connectivity index (χ4n) is 7.31. The minimum absolute atomic E-state index is 0.0468. The van der Waals surface area contributed by atoms with Gasteiger partial charge in [-0.3, -0.25) is 38.4 Å². The second-order valence-electron chi connectivity index (χ2n) is 17.6. The molecule has 24 heteroatoms. The van der Waals surface area contributed by atoms with E-state index in [1.807, 2.05) is 51.1 Å². The number of hydrogen-bond donors (Lipinski definition) is 9. The molecule has 1 heterocycles. The maximum Gasteiger partial charge on any atom is 0.248 e. The van der Waals surface area contributed by atoms with Gasteiger partial charge in [0.1, 0.15) is 43.0 Å². The number of ether oxygens (including phenoxy) is 3. The number of benzene rings is 2. The predicted molar refractivity (Wildman–Crippen MR) is 258 cm³/mol. The SMILES string of the molecule is COCCOCCOCC(=O)NCC(=O)N[C@@H](C)C(=O)N[C@@H](CC(N)=O)C(=O)N[C@@H](CCN(C(=O)CO)[C@@H](c1cc(-c2cc(F)ccc2F)cn1Cc1ccccc1)C(C)(C)C)C(=O)NCCNC(=O)CN. The van der Waals surface area contributed by atoms with Crippen LogP contribution >= 0.6 is 0 Å². The van der Waals surface area contributed by atoms with Crippen molar-refractivity contribution in [2.24, 2.45) is 16.9 Å². The number of carbonyl (C=O) groups is 8. The van der Waals surface area contributed by atoms with Crippen molar-refractivity contribution in [1.29, 1.82) is 0 Å². The van der Waals surface area contributed by atoms with Crippen molar-refractivity contribution in [1.82, 2.24) is 41.4 Å². The highest BCUT2D eigenvalue weighted by Gasteiger charge is 2.38. The Bertz CT molecular complexity index is 2300. The molecule has 0 aliphatic rings. The van der Waals surface area contributed by atoms with E-state index in [1.54, 1.807) is 16.8 Å². The van der Waals surface area contributed by atoms with Crippen LogP contribution in [0.1, 0.15) is 57.8 Å². The van der Waals surface area contributed by atoms with Gasteiger partial charge in [0.15, 0.2) is 0 Å². The van der Waals surface area contributed by atoms with E-state index < -0.39 is 108 Å². The summed E-state index contributed by atoms with van der Waals surface area (Å²) in [6, 6.07) is 8.36. The van der Waals surface area contributed by atoms with E-state index in [4.69, 9.17) is 25.7 Å². The molecule has 0 fully saturated rings. The average molecular weight is 1020 g/mol. The molecule has 0 spiro atoms. The van der Waals surface area contributed by atoms with Crippen molar-refractivity contribution < 1.29 is 66.5 Å². The van der Waals surface area contributed by atoms with Gasteiger partial charge in [-0.25, -0.2) is 8.78 Å². The fraction of sp³-hybridized carbons (Fsp3) is 0.500. The molecular formula is C48H68F2N10O12. The quantitative estimate of drug-likeness (QED) is 0.0354. The van der Waals surface area contributed by atoms with E-state index in [2.05, 4.69) is 31.9 Å². The zero-order chi connectivity index (χ0) is 53.4. The Morgan fingerprint density at radius 2 is 1.46 bits per heavy atom. The van der Waals surface area contributed by atoms with Gasteiger partial charge in [0.25, 0.3) is 0 Å². The Labute approximate surface area is 416 Å². The number of aliphatic hydroxyl groups is 1. The highest BCUT2D eigenvalue weighted by molar-refractivity contribution is 5.96. The molecule has 1 aromatic heterocycles. The number of rotatable bonds is 31. The molecule has 72 heavy (non-hydrogen) atoms. The van der Waals surface area contributed by atoms with Gasteiger partial charge < -0.3 is 72.2 Å². The summed E-state index contributed by atoms with van der Waals surface area (Å²) in [4.78, 5) is 105. The highest BCUT2D eigenvalue weighted by Crippen LogP contribution is 2.41. The van der Waals surface area contributed by atoms with Crippen LogP contribution in [0.3, 0.4) is 0 Å². The molecule has 8 amide bonds. The molecule has 0 bridgehead atoms. The van der Waals surface area contributed by atoms with Gasteiger partial charge in [0, 0.05) is 56.3 Å². The first kappa shape index (κ1) is 59.4. The average Bonchev–Trinajstić information content (AvgIpc) is 3.74. The molecule has 0 saturated heterocycles. The van der Waals surface area contributed by atoms with Crippen molar-refractivity contribution >= 4 is 47.3 Å². The van der Waals surface area contributed by atoms with Crippen molar-refractivity contribution in [3.8, 4) is 11.1 Å². The van der Waals surface area contributed by atoms with Gasteiger partial charge in [0.05, 0.1) is 52.0 Å². The molecule has 11 N–H and O–H groups in total. The summed E-state index contributed by atoms with van der Waals surface area (Å²) in [6.07, 6.45) is 0.511. The Morgan fingerprint density at radius 3 is 2.11 bits per heavy atom. The van der Waals surface area contributed by atoms with Crippen molar-refractivity contribution in [3.63, 3.8) is 0 Å². The molecule has 0 aliphatic carbocycles. The zero-order valence-electron chi connectivity index (χ0n) is 41.2. The van der Waals surface area contributed by atoms with Gasteiger partial charge >= 0.3 is 0 Å². The van der Waals surface area contributed by atoms with Crippen LogP contribution in [-0.2, 0) is 59.1 Å². The number of aliphatic hydroxyl groups excluding tert-OH is 1. The Kier molecular flexibility index (Phi) is 24.9. The molecule has 2 aromatic carbocycles. The minimum Gasteiger partial charge on any atom is -0.387 e. The first-order valence-corrected chi connectivity index (χ1v) is 23.1. The van der Waals surface area contributed by atoms with E-state index in [9.17, 15) is 47.9 Å². The topological polar surface area (TPSA) is 317 Å². The van der Waals surface area contributed by atoms with Crippen molar-refractivity contribution in [2.45, 2.75) is 71.2 Å². The van der Waals surface area contributed by atoms with Crippen molar-refractivity contribution in [3.05, 3.63) is 83.7 Å². The largest absolute Gasteiger partial charge is 0.387 e. The number of carbonyl (C=O) groups excluding carboxylic acids is 8. The minimum atomic E-state index is -1.70. The molecular weight excluding hydrogens is 947 g/mol. The second-order valence-corrected chi connectivity index (χ2v) is 17.6. The Morgan fingerprint density at radius 1 is 0.792 bits per heavy atom. The molecule has 0 unspecified atom stereocenters. The smallest absolute Gasteiger partial charge is 0.248 e. The van der Waals surface area contributed by atoms with Crippen LogP contribution in [0.5, 0.6) is 0 Å². The highest BCUT2D eigenvalue weighted by atomic mass is 19.1. The lowest BCUT2D eigenvalue weighted by atomic mass is 9.82. The number of primary amides is 1. The molecule has 3 aromatic rings. The normalized spacial score (nSPS) is 12.9. The molecule has 0 aliphatic heterocycles. The predicted octanol–water partition coefficient (Wildman–Crippen LogP) is -0.884. The number of methoxy groups -OCH3 is 1. The Hall–Kier alpha value is -6.86. The van der Waals surface area contributed by atoms with Gasteiger partial charge in [-0.2, -0.15) is 0 Å². The molecule has 0 radical (unpaired) electrons. The van der Waals surface area contributed by atoms with Crippen LogP contribution in [-0.4, -0.2) is 159 Å². The maximum atomic E-state index is 15.3. The van der Waals surface area contributed by atoms with Crippen molar-refractivity contribution in [2.75, 3.05) is 79.5 Å². The summed E-state index contributed by atoms with van der Waals surface area (Å²) in [5.41, 5.74) is 11.5. The van der Waals surface area contributed by atoms with Crippen LogP contribution in [0.2, 0.25) is 0 Å². The van der Waals surface area contributed by atoms with E-state index in [1.165, 1.54) is 18.9 Å². The molecule has 22 nitrogen and oxygen atoms in total. The number of nitrogens with one attached hydrogen (secondary N) is 6. The molecule has 3 rings (SSSR count). The lowest BCUT2D eigenvalue weighted by Crippen LogP contribution is -2.58. The van der Waals surface area contributed by atoms with Gasteiger partial charge in [-0.1, -0.05) is 51.1 Å². The lowest BCUT2D eigenvalue weighted by Gasteiger charge is -2.41. The number of nitrogens with two attached hydrogens (primary N) is 2. The standard InChI is InChI=1S/C48H68F2N10O12/c1-30(56-41(64)25-55-42(65)29-72-20-19-71-18-17-70-5)45(67)58-37(23-39(52)62)47(69)57-36(46(68)54-15-14-53-40(63)24-51)13-16-60(43(66)28-61)44(48(2,3)4)38-21-32(34-22-33(49)11-12-35(34)50)27-59(38)26-31-9-7-6-8-10-31/h6-12,21-22,27,30,36-37,44,61H,13-20,23-26,28-29,51H2,1-5H3,(H2,52,62)(H,53,63)(H,54,68)(H,55,65)(H,56,64)(H,57,69)(H,58,67)/t30-,36-,37-,44-/m0/s1. The third-order valence-corrected chi connectivity index (χ3v) is 10.7. The fourth-order valence-corrected chi connectivity index (χ4v) is 7.31. The number of nitrogens with zero attached hydrogens (tertiary/aromatic N) is 2. The molecule has 0 saturated carbocycles. The molecule has 4 atom stereocenters. The van der Waals surface area contributed by atoms with E-state index in [0.717, 1.165) is 23.8 Å². The summed E-state index contributed by atoms with van der Waals surface area (Å²) < 4.78 is 46.9. The summed E-state index contributed by atoms with van der Waals surface area (Å²) in [5.74, 6) is -7.97. The first-order valence-electron chi connectivity index (χ1n) is 23.1. The van der Waals surface area contributed by atoms with Crippen LogP contribution in [0, 0.1) is 17.0 Å². The summed E-state index contributed by atoms with van der Waals surface area (Å²) in [6.45, 7) is 5.22. The van der Waals surface area contributed by atoms with Crippen LogP contribution in [0.4, 0.5) is 8.78 Å². The number of halogens is 2. The third kappa shape index (κ3) is 20.1. The van der Waals surface area contributed by atoms with Gasteiger partial charge in [-0.15, -0.1) is 0 Å². The monoisotopic (exact) mass is 1010 g/mol. The number of hydrogen-bond acceptors (Lipinski definition) is 13.